The number of aromatic nitrogens is 1. The third-order valence-corrected chi connectivity index (χ3v) is 3.67. The Kier molecular flexibility index (Phi) is 2.48. The van der Waals surface area contributed by atoms with Crippen molar-refractivity contribution in [3.05, 3.63) is 34.7 Å². The monoisotopic (exact) mass is 264 g/mol. The number of nitrogens with two attached hydrogens (primary N) is 1. The van der Waals surface area contributed by atoms with Crippen molar-refractivity contribution >= 4 is 17.5 Å². The summed E-state index contributed by atoms with van der Waals surface area (Å²) in [6.07, 6.45) is 3.78. The van der Waals surface area contributed by atoms with Crippen LogP contribution in [-0.4, -0.2) is 10.5 Å². The molecule has 5 heteroatoms. The largest absolute Gasteiger partial charge is 0.463 e. The molecule has 0 bridgehead atoms. The minimum Gasteiger partial charge on any atom is -0.463 e. The lowest BCUT2D eigenvalue weighted by Gasteiger charge is -2.08. The molecule has 1 fully saturated rings. The summed E-state index contributed by atoms with van der Waals surface area (Å²) in [5.41, 5.74) is 7.38. The molecule has 0 aromatic carbocycles. The zero-order valence-electron chi connectivity index (χ0n) is 9.94. The normalized spacial score (nSPS) is 15.0. The first-order valence-electron chi connectivity index (χ1n) is 5.85. The van der Waals surface area contributed by atoms with Gasteiger partial charge in [-0.1, -0.05) is 11.6 Å². The van der Waals surface area contributed by atoms with Gasteiger partial charge in [0.1, 0.15) is 5.69 Å². The van der Waals surface area contributed by atoms with Crippen LogP contribution in [0.4, 0.5) is 0 Å². The van der Waals surface area contributed by atoms with Crippen LogP contribution in [0.25, 0.3) is 11.5 Å². The van der Waals surface area contributed by atoms with Gasteiger partial charge in [-0.15, -0.1) is 0 Å². The Morgan fingerprint density at radius 1 is 1.56 bits per heavy atom. The van der Waals surface area contributed by atoms with E-state index in [0.717, 1.165) is 24.2 Å². The first-order chi connectivity index (χ1) is 8.61. The van der Waals surface area contributed by atoms with Gasteiger partial charge in [-0.25, -0.2) is 0 Å². The smallest absolute Gasteiger partial charge is 0.252 e. The first-order valence-corrected chi connectivity index (χ1v) is 6.23. The molecule has 3 rings (SSSR count). The molecule has 18 heavy (non-hydrogen) atoms. The van der Waals surface area contributed by atoms with Gasteiger partial charge in [0.05, 0.1) is 16.8 Å². The van der Waals surface area contributed by atoms with Crippen LogP contribution in [0.3, 0.4) is 0 Å². The van der Waals surface area contributed by atoms with Gasteiger partial charge in [-0.05, 0) is 31.9 Å². The maximum atomic E-state index is 11.5. The number of furan rings is 1. The van der Waals surface area contributed by atoms with E-state index in [4.69, 9.17) is 21.8 Å². The minimum atomic E-state index is -0.496. The molecule has 0 spiro atoms. The lowest BCUT2D eigenvalue weighted by Crippen LogP contribution is -2.12. The Labute approximate surface area is 109 Å². The highest BCUT2D eigenvalue weighted by Gasteiger charge is 2.33. The number of hydrogen-bond donors (Lipinski definition) is 1. The van der Waals surface area contributed by atoms with Gasteiger partial charge in [-0.2, -0.15) is 0 Å². The molecule has 2 aromatic heterocycles. The van der Waals surface area contributed by atoms with E-state index >= 15 is 0 Å². The van der Waals surface area contributed by atoms with Crippen LogP contribution in [0.1, 0.15) is 34.9 Å². The average Bonchev–Trinajstić information content (AvgIpc) is 2.91. The summed E-state index contributed by atoms with van der Waals surface area (Å²) in [4.78, 5) is 11.5. The fourth-order valence-corrected chi connectivity index (χ4v) is 2.80. The van der Waals surface area contributed by atoms with Crippen molar-refractivity contribution in [1.82, 2.24) is 4.57 Å². The maximum Gasteiger partial charge on any atom is 0.252 e. The highest BCUT2D eigenvalue weighted by Crippen LogP contribution is 2.45. The summed E-state index contributed by atoms with van der Waals surface area (Å²) in [5, 5.41) is 0.391. The molecule has 1 amide bonds. The van der Waals surface area contributed by atoms with E-state index in [1.54, 1.807) is 12.3 Å². The van der Waals surface area contributed by atoms with Crippen LogP contribution in [0.15, 0.2) is 22.8 Å². The summed E-state index contributed by atoms with van der Waals surface area (Å²) in [7, 11) is 0. The summed E-state index contributed by atoms with van der Waals surface area (Å²) in [6.45, 7) is 1.87. The van der Waals surface area contributed by atoms with E-state index in [1.165, 1.54) is 0 Å². The van der Waals surface area contributed by atoms with Crippen molar-refractivity contribution in [2.45, 2.75) is 25.8 Å². The van der Waals surface area contributed by atoms with Crippen molar-refractivity contribution in [2.75, 3.05) is 0 Å². The van der Waals surface area contributed by atoms with Gasteiger partial charge in [-0.3, -0.25) is 4.79 Å². The molecule has 4 nitrogen and oxygen atoms in total. The summed E-state index contributed by atoms with van der Waals surface area (Å²) < 4.78 is 7.48. The Bertz CT molecular complexity index is 609. The van der Waals surface area contributed by atoms with Crippen LogP contribution in [0.2, 0.25) is 5.02 Å². The Balaban J connectivity index is 2.29. The molecule has 1 aliphatic rings. The fourth-order valence-electron chi connectivity index (χ4n) is 2.39. The molecule has 0 aliphatic heterocycles. The highest BCUT2D eigenvalue weighted by molar-refractivity contribution is 6.36. The van der Waals surface area contributed by atoms with Gasteiger partial charge >= 0.3 is 0 Å². The quantitative estimate of drug-likeness (QED) is 0.926. The molecule has 2 aromatic rings. The molecule has 0 saturated heterocycles. The second-order valence-electron chi connectivity index (χ2n) is 4.57. The predicted molar refractivity (Wildman–Crippen MR) is 68.7 cm³/mol. The molecule has 1 saturated carbocycles. The SMILES string of the molecule is Cc1c(C(N)=O)c(Cl)c(-c2ccco2)n1C1CC1. The molecule has 1 aliphatic carbocycles. The van der Waals surface area contributed by atoms with Crippen LogP contribution in [-0.2, 0) is 0 Å². The standard InChI is InChI=1S/C13H13ClN2O2/c1-7-10(13(15)17)11(14)12(9-3-2-6-18-9)16(7)8-4-5-8/h2-3,6,8H,4-5H2,1H3,(H2,15,17). The number of rotatable bonds is 3. The zero-order chi connectivity index (χ0) is 12.9. The van der Waals surface area contributed by atoms with Crippen LogP contribution >= 0.6 is 11.6 Å². The molecule has 0 unspecified atom stereocenters. The highest BCUT2D eigenvalue weighted by atomic mass is 35.5. The number of nitrogens with zero attached hydrogens (tertiary/aromatic N) is 1. The van der Waals surface area contributed by atoms with Gasteiger partial charge in [0.2, 0.25) is 0 Å². The molecule has 2 heterocycles. The second kappa shape index (κ2) is 3.92. The lowest BCUT2D eigenvalue weighted by atomic mass is 10.2. The number of hydrogen-bond acceptors (Lipinski definition) is 2. The van der Waals surface area contributed by atoms with E-state index in [1.807, 2.05) is 13.0 Å². The van der Waals surface area contributed by atoms with Crippen LogP contribution in [0.5, 0.6) is 0 Å². The van der Waals surface area contributed by atoms with Gasteiger partial charge in [0.15, 0.2) is 5.76 Å². The third-order valence-electron chi connectivity index (χ3n) is 3.30. The van der Waals surface area contributed by atoms with Gasteiger partial charge < -0.3 is 14.7 Å². The Hall–Kier alpha value is -1.68. The number of carbonyl (C=O) groups excluding carboxylic acids is 1. The zero-order valence-corrected chi connectivity index (χ0v) is 10.7. The number of amides is 1. The molecule has 0 radical (unpaired) electrons. The molecule has 2 N–H and O–H groups in total. The average molecular weight is 265 g/mol. The lowest BCUT2D eigenvalue weighted by molar-refractivity contribution is 0.1000. The maximum absolute atomic E-state index is 11.5. The van der Waals surface area contributed by atoms with E-state index in [0.29, 0.717) is 22.4 Å². The number of halogens is 1. The van der Waals surface area contributed by atoms with Crippen molar-refractivity contribution in [3.63, 3.8) is 0 Å². The van der Waals surface area contributed by atoms with Gasteiger partial charge in [0.25, 0.3) is 5.91 Å². The minimum absolute atomic E-state index is 0.391. The van der Waals surface area contributed by atoms with E-state index in [-0.39, 0.29) is 0 Å². The van der Waals surface area contributed by atoms with Crippen LogP contribution < -0.4 is 5.73 Å². The first kappa shape index (κ1) is 11.4. The number of carbonyl (C=O) groups is 1. The van der Waals surface area contributed by atoms with E-state index in [9.17, 15) is 4.79 Å². The van der Waals surface area contributed by atoms with Crippen molar-refractivity contribution in [3.8, 4) is 11.5 Å². The second-order valence-corrected chi connectivity index (χ2v) is 4.94. The molecular weight excluding hydrogens is 252 g/mol. The van der Waals surface area contributed by atoms with Crippen LogP contribution in [0, 0.1) is 6.92 Å². The number of primary amides is 1. The third kappa shape index (κ3) is 1.56. The summed E-state index contributed by atoms with van der Waals surface area (Å²) in [5.74, 6) is 0.173. The van der Waals surface area contributed by atoms with Crippen molar-refractivity contribution in [1.29, 1.82) is 0 Å². The summed E-state index contributed by atoms with van der Waals surface area (Å²) >= 11 is 6.31. The predicted octanol–water partition coefficient (Wildman–Crippen LogP) is 3.14. The Morgan fingerprint density at radius 2 is 2.28 bits per heavy atom. The summed E-state index contributed by atoms with van der Waals surface area (Å²) in [6, 6.07) is 4.04. The van der Waals surface area contributed by atoms with Crippen molar-refractivity contribution < 1.29 is 9.21 Å². The molecular formula is C13H13ClN2O2. The van der Waals surface area contributed by atoms with Gasteiger partial charge in [0, 0.05) is 11.7 Å². The topological polar surface area (TPSA) is 61.2 Å². The Morgan fingerprint density at radius 3 is 2.78 bits per heavy atom. The van der Waals surface area contributed by atoms with E-state index in [2.05, 4.69) is 4.57 Å². The molecule has 0 atom stereocenters. The van der Waals surface area contributed by atoms with E-state index < -0.39 is 5.91 Å². The molecule has 94 valence electrons. The van der Waals surface area contributed by atoms with Crippen molar-refractivity contribution in [2.24, 2.45) is 5.73 Å². The fraction of sp³-hybridized carbons (Fsp3) is 0.308.